The van der Waals surface area contributed by atoms with Crippen LogP contribution in [-0.2, 0) is 19.4 Å². The van der Waals surface area contributed by atoms with Crippen LogP contribution >= 0.6 is 0 Å². The van der Waals surface area contributed by atoms with Gasteiger partial charge in [-0.2, -0.15) is 0 Å². The highest BCUT2D eigenvalue weighted by atomic mass is 32.2. The summed E-state index contributed by atoms with van der Waals surface area (Å²) in [6, 6.07) is 9.66. The monoisotopic (exact) mass is 419 g/mol. The maximum atomic E-state index is 12.8. The Bertz CT molecular complexity index is 1030. The molecule has 0 bridgehead atoms. The van der Waals surface area contributed by atoms with Crippen molar-refractivity contribution in [2.45, 2.75) is 38.8 Å². The van der Waals surface area contributed by atoms with Gasteiger partial charge in [-0.15, -0.1) is 0 Å². The van der Waals surface area contributed by atoms with E-state index >= 15 is 0 Å². The Labute approximate surface area is 170 Å². The molecule has 2 aromatic rings. The molecule has 0 aromatic heterocycles. The molecule has 0 aliphatic carbocycles. The number of phenolic OH excluding ortho intramolecular Hbond substituents is 1. The van der Waals surface area contributed by atoms with E-state index in [-0.39, 0.29) is 28.9 Å². The molecule has 3 rings (SSSR count). The van der Waals surface area contributed by atoms with Gasteiger partial charge in [-0.25, -0.2) is 13.2 Å². The van der Waals surface area contributed by atoms with E-state index in [4.69, 9.17) is 4.74 Å². The van der Waals surface area contributed by atoms with Crippen LogP contribution < -0.4 is 0 Å². The van der Waals surface area contributed by atoms with Gasteiger partial charge in [0.15, 0.2) is 16.4 Å². The summed E-state index contributed by atoms with van der Waals surface area (Å²) in [5.74, 6) is -1.44. The lowest BCUT2D eigenvalue weighted by atomic mass is 10.1. The molecule has 2 aromatic carbocycles. The number of amides is 1. The maximum Gasteiger partial charge on any atom is 0.342 e. The molecular weight excluding hydrogens is 394 g/mol. The molecule has 2 atom stereocenters. The van der Waals surface area contributed by atoms with Gasteiger partial charge in [0.2, 0.25) is 0 Å². The first-order chi connectivity index (χ1) is 13.7. The number of esters is 1. The van der Waals surface area contributed by atoms with Crippen LogP contribution in [-0.4, -0.2) is 60.5 Å². The van der Waals surface area contributed by atoms with Crippen molar-refractivity contribution in [1.29, 1.82) is 0 Å². The first-order valence-electron chi connectivity index (χ1n) is 9.63. The lowest BCUT2D eigenvalue weighted by molar-refractivity contribution is -0.138. The van der Waals surface area contributed by atoms with Crippen LogP contribution in [0.2, 0.25) is 0 Å². The lowest BCUT2D eigenvalue weighted by Crippen LogP contribution is -2.48. The SMILES string of the molecule is CC[C@H](C)N(C(=O)COC(=O)c1ccc2ccccc2c1O)[C@H]1CCS(=O)(=O)C1. The van der Waals surface area contributed by atoms with Gasteiger partial charge in [0, 0.05) is 17.5 Å². The number of nitrogens with zero attached hydrogens (tertiary/aromatic N) is 1. The van der Waals surface area contributed by atoms with Gasteiger partial charge >= 0.3 is 5.97 Å². The van der Waals surface area contributed by atoms with Crippen LogP contribution in [0.25, 0.3) is 10.8 Å². The van der Waals surface area contributed by atoms with E-state index in [1.54, 1.807) is 18.2 Å². The third kappa shape index (κ3) is 4.53. The van der Waals surface area contributed by atoms with Crippen LogP contribution in [0.15, 0.2) is 36.4 Å². The van der Waals surface area contributed by atoms with Gasteiger partial charge in [0.05, 0.1) is 11.5 Å². The third-order valence-electron chi connectivity index (χ3n) is 5.40. The molecular formula is C21H25NO6S. The van der Waals surface area contributed by atoms with Gasteiger partial charge in [-0.3, -0.25) is 4.79 Å². The highest BCUT2D eigenvalue weighted by molar-refractivity contribution is 7.91. The van der Waals surface area contributed by atoms with Crippen molar-refractivity contribution >= 4 is 32.5 Å². The fourth-order valence-electron chi connectivity index (χ4n) is 3.70. The molecule has 0 radical (unpaired) electrons. The topological polar surface area (TPSA) is 101 Å². The molecule has 1 saturated heterocycles. The van der Waals surface area contributed by atoms with Crippen molar-refractivity contribution in [3.63, 3.8) is 0 Å². The molecule has 0 spiro atoms. The van der Waals surface area contributed by atoms with E-state index < -0.39 is 34.4 Å². The minimum absolute atomic E-state index is 0.0185. The summed E-state index contributed by atoms with van der Waals surface area (Å²) in [7, 11) is -3.15. The number of fused-ring (bicyclic) bond motifs is 1. The zero-order valence-corrected chi connectivity index (χ0v) is 17.3. The van der Waals surface area contributed by atoms with Crippen molar-refractivity contribution in [3.05, 3.63) is 42.0 Å². The Morgan fingerprint density at radius 3 is 2.62 bits per heavy atom. The number of hydrogen-bond acceptors (Lipinski definition) is 6. The number of hydrogen-bond donors (Lipinski definition) is 1. The van der Waals surface area contributed by atoms with Crippen LogP contribution in [0, 0.1) is 0 Å². The summed E-state index contributed by atoms with van der Waals surface area (Å²) in [5.41, 5.74) is -0.0185. The van der Waals surface area contributed by atoms with Gasteiger partial charge in [0.25, 0.3) is 5.91 Å². The number of carbonyl (C=O) groups excluding carboxylic acids is 2. The summed E-state index contributed by atoms with van der Waals surface area (Å²) in [5, 5.41) is 11.7. The summed E-state index contributed by atoms with van der Waals surface area (Å²) in [6.07, 6.45) is 1.04. The van der Waals surface area contributed by atoms with Crippen LogP contribution in [0.3, 0.4) is 0 Å². The Balaban J connectivity index is 1.73. The molecule has 1 heterocycles. The predicted octanol–water partition coefficient (Wildman–Crippen LogP) is 2.52. The van der Waals surface area contributed by atoms with Crippen LogP contribution in [0.4, 0.5) is 0 Å². The molecule has 29 heavy (non-hydrogen) atoms. The highest BCUT2D eigenvalue weighted by Crippen LogP contribution is 2.29. The Kier molecular flexibility index (Phi) is 6.12. The predicted molar refractivity (Wildman–Crippen MR) is 110 cm³/mol. The second-order valence-electron chi connectivity index (χ2n) is 7.37. The minimum Gasteiger partial charge on any atom is -0.506 e. The fraction of sp³-hybridized carbons (Fsp3) is 0.429. The number of phenols is 1. The largest absolute Gasteiger partial charge is 0.506 e. The van der Waals surface area contributed by atoms with E-state index in [1.165, 1.54) is 11.0 Å². The van der Waals surface area contributed by atoms with Crippen LogP contribution in [0.5, 0.6) is 5.75 Å². The second-order valence-corrected chi connectivity index (χ2v) is 9.60. The van der Waals surface area contributed by atoms with E-state index in [0.717, 1.165) is 5.39 Å². The lowest BCUT2D eigenvalue weighted by Gasteiger charge is -2.33. The maximum absolute atomic E-state index is 12.8. The summed E-state index contributed by atoms with van der Waals surface area (Å²) >= 11 is 0. The number of ether oxygens (including phenoxy) is 1. The van der Waals surface area contributed by atoms with Gasteiger partial charge in [-0.05, 0) is 31.2 Å². The number of carbonyl (C=O) groups is 2. The zero-order chi connectivity index (χ0) is 21.2. The van der Waals surface area contributed by atoms with E-state index in [0.29, 0.717) is 18.2 Å². The minimum atomic E-state index is -3.15. The Hall–Kier alpha value is -2.61. The van der Waals surface area contributed by atoms with Crippen LogP contribution in [0.1, 0.15) is 37.0 Å². The second kappa shape index (κ2) is 8.41. The molecule has 1 amide bonds. The average molecular weight is 419 g/mol. The number of sulfone groups is 1. The van der Waals surface area contributed by atoms with E-state index in [9.17, 15) is 23.1 Å². The van der Waals surface area contributed by atoms with Crippen molar-refractivity contribution in [2.24, 2.45) is 0 Å². The molecule has 8 heteroatoms. The van der Waals surface area contributed by atoms with Gasteiger partial charge in [-0.1, -0.05) is 37.3 Å². The van der Waals surface area contributed by atoms with Crippen molar-refractivity contribution < 1.29 is 27.9 Å². The standard InChI is InChI=1S/C21H25NO6S/c1-3-14(2)22(16-10-11-29(26,27)13-16)19(23)12-28-21(25)18-9-8-15-6-4-5-7-17(15)20(18)24/h4-9,14,16,24H,3,10-13H2,1-2H3/t14-,16-/m0/s1. The van der Waals surface area contributed by atoms with E-state index in [1.807, 2.05) is 26.0 Å². The smallest absolute Gasteiger partial charge is 0.342 e. The first kappa shape index (κ1) is 21.1. The van der Waals surface area contributed by atoms with Gasteiger partial charge < -0.3 is 14.7 Å². The molecule has 0 saturated carbocycles. The number of rotatable bonds is 6. The summed E-state index contributed by atoms with van der Waals surface area (Å²) in [6.45, 7) is 3.25. The normalized spacial score (nSPS) is 19.0. The van der Waals surface area contributed by atoms with Crippen molar-refractivity contribution in [3.8, 4) is 5.75 Å². The average Bonchev–Trinajstić information content (AvgIpc) is 3.05. The summed E-state index contributed by atoms with van der Waals surface area (Å²) in [4.78, 5) is 26.7. The summed E-state index contributed by atoms with van der Waals surface area (Å²) < 4.78 is 28.8. The Morgan fingerprint density at radius 2 is 1.97 bits per heavy atom. The molecule has 1 aliphatic heterocycles. The molecule has 156 valence electrons. The number of benzene rings is 2. The molecule has 1 fully saturated rings. The molecule has 7 nitrogen and oxygen atoms in total. The molecule has 1 aliphatic rings. The third-order valence-corrected chi connectivity index (χ3v) is 7.15. The first-order valence-corrected chi connectivity index (χ1v) is 11.4. The molecule has 1 N–H and O–H groups in total. The quantitative estimate of drug-likeness (QED) is 0.722. The van der Waals surface area contributed by atoms with Gasteiger partial charge in [0.1, 0.15) is 11.3 Å². The zero-order valence-electron chi connectivity index (χ0n) is 16.5. The van der Waals surface area contributed by atoms with E-state index in [2.05, 4.69) is 0 Å². The molecule has 0 unspecified atom stereocenters. The van der Waals surface area contributed by atoms with Crippen molar-refractivity contribution in [2.75, 3.05) is 18.1 Å². The Morgan fingerprint density at radius 1 is 1.24 bits per heavy atom. The highest BCUT2D eigenvalue weighted by Gasteiger charge is 2.36. The number of aromatic hydroxyl groups is 1. The van der Waals surface area contributed by atoms with Crippen molar-refractivity contribution in [1.82, 2.24) is 4.90 Å². The fourth-order valence-corrected chi connectivity index (χ4v) is 5.41.